The van der Waals surface area contributed by atoms with Crippen molar-refractivity contribution in [3.05, 3.63) is 24.3 Å². The van der Waals surface area contributed by atoms with Gasteiger partial charge in [-0.15, -0.1) is 0 Å². The maximum absolute atomic E-state index is 8.91. The molecule has 0 aliphatic rings. The summed E-state index contributed by atoms with van der Waals surface area (Å²) in [6.45, 7) is 1.90. The Bertz CT molecular complexity index is 465. The lowest BCUT2D eigenvalue weighted by molar-refractivity contribution is 1.35. The highest BCUT2D eigenvalue weighted by atomic mass is 127. The van der Waals surface area contributed by atoms with E-state index >= 15 is 0 Å². The van der Waals surface area contributed by atoms with Crippen molar-refractivity contribution in [1.82, 2.24) is 0 Å². The second-order valence-electron chi connectivity index (χ2n) is 2.82. The number of rotatable bonds is 1. The molecule has 0 amide bonds. The van der Waals surface area contributed by atoms with Crippen LogP contribution in [0.25, 0.3) is 0 Å². The van der Waals surface area contributed by atoms with Crippen LogP contribution in [-0.2, 0) is 0 Å². The SMILES string of the molecule is Cc1c(C#N)cc(I)c(NC(N)=S)c1I. The van der Waals surface area contributed by atoms with E-state index in [1.807, 2.05) is 13.0 Å². The summed E-state index contributed by atoms with van der Waals surface area (Å²) in [6, 6.07) is 3.97. The minimum absolute atomic E-state index is 0.231. The van der Waals surface area contributed by atoms with Crippen molar-refractivity contribution in [3.8, 4) is 6.07 Å². The molecular formula is C9H7I2N3S. The molecule has 1 aromatic rings. The van der Waals surface area contributed by atoms with Crippen LogP contribution in [0.4, 0.5) is 5.69 Å². The quantitative estimate of drug-likeness (QED) is 0.518. The summed E-state index contributed by atoms with van der Waals surface area (Å²) in [5.41, 5.74) is 7.93. The Morgan fingerprint density at radius 1 is 1.60 bits per heavy atom. The van der Waals surface area contributed by atoms with Gasteiger partial charge in [0.15, 0.2) is 5.11 Å². The van der Waals surface area contributed by atoms with E-state index in [-0.39, 0.29) is 5.11 Å². The smallest absolute Gasteiger partial charge is 0.168 e. The maximum atomic E-state index is 8.91. The van der Waals surface area contributed by atoms with Crippen LogP contribution in [-0.4, -0.2) is 5.11 Å². The fourth-order valence-electron chi connectivity index (χ4n) is 1.07. The van der Waals surface area contributed by atoms with Crippen LogP contribution in [0.5, 0.6) is 0 Å². The Morgan fingerprint density at radius 2 is 2.20 bits per heavy atom. The highest BCUT2D eigenvalue weighted by molar-refractivity contribution is 14.1. The van der Waals surface area contributed by atoms with E-state index in [1.54, 1.807) is 0 Å². The molecule has 0 saturated carbocycles. The number of nitrogens with zero attached hydrogens (tertiary/aromatic N) is 1. The first kappa shape index (κ1) is 12.9. The van der Waals surface area contributed by atoms with Crippen LogP contribution in [0, 0.1) is 25.4 Å². The number of anilines is 1. The van der Waals surface area contributed by atoms with Gasteiger partial charge < -0.3 is 11.1 Å². The van der Waals surface area contributed by atoms with Crippen molar-refractivity contribution in [1.29, 1.82) is 5.26 Å². The first-order valence-corrected chi connectivity index (χ1v) is 6.49. The predicted molar refractivity (Wildman–Crippen MR) is 81.7 cm³/mol. The first-order valence-electron chi connectivity index (χ1n) is 3.92. The normalized spacial score (nSPS) is 9.47. The molecule has 0 saturated heterocycles. The average molecular weight is 443 g/mol. The van der Waals surface area contributed by atoms with Crippen molar-refractivity contribution >= 4 is 68.2 Å². The third-order valence-corrected chi connectivity index (χ3v) is 4.13. The molecule has 0 aliphatic heterocycles. The Balaban J connectivity index is 3.37. The zero-order chi connectivity index (χ0) is 11.6. The number of hydrogen-bond acceptors (Lipinski definition) is 2. The summed E-state index contributed by atoms with van der Waals surface area (Å²) in [5.74, 6) is 0. The van der Waals surface area contributed by atoms with Gasteiger partial charge in [0.1, 0.15) is 0 Å². The maximum Gasteiger partial charge on any atom is 0.168 e. The lowest BCUT2D eigenvalue weighted by Gasteiger charge is -2.12. The molecule has 3 N–H and O–H groups in total. The third-order valence-electron chi connectivity index (χ3n) is 1.83. The van der Waals surface area contributed by atoms with Crippen LogP contribution >= 0.6 is 57.4 Å². The fourth-order valence-corrected chi connectivity index (χ4v) is 3.12. The number of halogens is 2. The summed E-state index contributed by atoms with van der Waals surface area (Å²) >= 11 is 9.13. The Hall–Kier alpha value is -0.140. The van der Waals surface area contributed by atoms with Crippen LogP contribution in [0.3, 0.4) is 0 Å². The van der Waals surface area contributed by atoms with Crippen molar-refractivity contribution in [2.75, 3.05) is 5.32 Å². The van der Waals surface area contributed by atoms with Gasteiger partial charge in [0.2, 0.25) is 0 Å². The summed E-state index contributed by atoms with van der Waals surface area (Å²) in [4.78, 5) is 0. The van der Waals surface area contributed by atoms with Crippen molar-refractivity contribution < 1.29 is 0 Å². The standard InChI is InChI=1S/C9H7I2N3S/c1-4-5(3-12)2-6(10)8(7(4)11)14-9(13)15/h2H,1H3,(H3,13,14,15). The Labute approximate surface area is 121 Å². The van der Waals surface area contributed by atoms with Gasteiger partial charge in [0, 0.05) is 7.14 Å². The second kappa shape index (κ2) is 5.27. The number of nitriles is 1. The molecule has 0 unspecified atom stereocenters. The van der Waals surface area contributed by atoms with E-state index < -0.39 is 0 Å². The zero-order valence-corrected chi connectivity index (χ0v) is 12.9. The van der Waals surface area contributed by atoms with E-state index in [1.165, 1.54) is 0 Å². The fraction of sp³-hybridized carbons (Fsp3) is 0.111. The van der Waals surface area contributed by atoms with Gasteiger partial charge in [0.25, 0.3) is 0 Å². The van der Waals surface area contributed by atoms with Gasteiger partial charge in [-0.2, -0.15) is 5.26 Å². The third kappa shape index (κ3) is 2.92. The molecule has 0 aromatic heterocycles. The Kier molecular flexibility index (Phi) is 4.54. The summed E-state index contributed by atoms with van der Waals surface area (Å²) in [5, 5.41) is 12.1. The molecule has 78 valence electrons. The molecule has 0 fully saturated rings. The topological polar surface area (TPSA) is 61.8 Å². The number of hydrogen-bond donors (Lipinski definition) is 2. The predicted octanol–water partition coefficient (Wildman–Crippen LogP) is 2.73. The van der Waals surface area contributed by atoms with Crippen LogP contribution in [0.2, 0.25) is 0 Å². The van der Waals surface area contributed by atoms with E-state index in [2.05, 4.69) is 56.6 Å². The summed E-state index contributed by atoms with van der Waals surface area (Å²) < 4.78 is 1.91. The molecule has 0 atom stereocenters. The molecule has 1 aromatic carbocycles. The number of benzene rings is 1. The van der Waals surface area contributed by atoms with Gasteiger partial charge in [-0.25, -0.2) is 0 Å². The molecule has 3 nitrogen and oxygen atoms in total. The van der Waals surface area contributed by atoms with Gasteiger partial charge in [-0.05, 0) is 76.0 Å². The molecule has 6 heteroatoms. The Morgan fingerprint density at radius 3 is 2.67 bits per heavy atom. The van der Waals surface area contributed by atoms with Crippen molar-refractivity contribution in [3.63, 3.8) is 0 Å². The van der Waals surface area contributed by atoms with Gasteiger partial charge in [0.05, 0.1) is 17.3 Å². The van der Waals surface area contributed by atoms with Crippen LogP contribution in [0.15, 0.2) is 6.07 Å². The highest BCUT2D eigenvalue weighted by Gasteiger charge is 2.12. The lowest BCUT2D eigenvalue weighted by atomic mass is 10.1. The number of nitrogens with two attached hydrogens (primary N) is 1. The number of nitrogens with one attached hydrogen (secondary N) is 1. The molecular weight excluding hydrogens is 436 g/mol. The molecule has 0 bridgehead atoms. The van der Waals surface area contributed by atoms with Gasteiger partial charge in [-0.1, -0.05) is 0 Å². The monoisotopic (exact) mass is 443 g/mol. The highest BCUT2D eigenvalue weighted by Crippen LogP contribution is 2.29. The summed E-state index contributed by atoms with van der Waals surface area (Å²) in [7, 11) is 0. The molecule has 1 rings (SSSR count). The molecule has 0 radical (unpaired) electrons. The molecule has 0 heterocycles. The van der Waals surface area contributed by atoms with Gasteiger partial charge in [-0.3, -0.25) is 0 Å². The number of thiocarbonyl (C=S) groups is 1. The van der Waals surface area contributed by atoms with Crippen molar-refractivity contribution in [2.45, 2.75) is 6.92 Å². The largest absolute Gasteiger partial charge is 0.376 e. The zero-order valence-electron chi connectivity index (χ0n) is 7.77. The average Bonchev–Trinajstić information content (AvgIpc) is 2.18. The minimum Gasteiger partial charge on any atom is -0.376 e. The second-order valence-corrected chi connectivity index (χ2v) is 5.50. The van der Waals surface area contributed by atoms with E-state index in [0.29, 0.717) is 5.56 Å². The van der Waals surface area contributed by atoms with Crippen LogP contribution in [0.1, 0.15) is 11.1 Å². The first-order chi connectivity index (χ1) is 6.97. The van der Waals surface area contributed by atoms with E-state index in [0.717, 1.165) is 18.4 Å². The molecule has 0 spiro atoms. The van der Waals surface area contributed by atoms with Crippen molar-refractivity contribution in [2.24, 2.45) is 5.73 Å². The van der Waals surface area contributed by atoms with Crippen LogP contribution < -0.4 is 11.1 Å². The van der Waals surface area contributed by atoms with E-state index in [9.17, 15) is 0 Å². The van der Waals surface area contributed by atoms with E-state index in [4.69, 9.17) is 23.2 Å². The minimum atomic E-state index is 0.231. The molecule has 15 heavy (non-hydrogen) atoms. The van der Waals surface area contributed by atoms with Gasteiger partial charge >= 0.3 is 0 Å². The summed E-state index contributed by atoms with van der Waals surface area (Å²) in [6.07, 6.45) is 0. The molecule has 0 aliphatic carbocycles. The lowest BCUT2D eigenvalue weighted by Crippen LogP contribution is -2.20.